The minimum absolute atomic E-state index is 0.313. The zero-order chi connectivity index (χ0) is 21.5. The van der Waals surface area contributed by atoms with Gasteiger partial charge in [0, 0.05) is 24.7 Å². The number of benzene rings is 3. The molecular formula is C25H25FN2O3. The monoisotopic (exact) mass is 420 g/mol. The van der Waals surface area contributed by atoms with Gasteiger partial charge in [-0.15, -0.1) is 0 Å². The number of hydrogen-bond donors (Lipinski definition) is 0. The number of aliphatic imine (C=N–C) groups is 1. The highest BCUT2D eigenvalue weighted by atomic mass is 19.1. The van der Waals surface area contributed by atoms with E-state index in [9.17, 15) is 4.39 Å². The van der Waals surface area contributed by atoms with Gasteiger partial charge in [0.05, 0.1) is 20.0 Å². The number of rotatable bonds is 9. The molecule has 0 spiro atoms. The minimum atomic E-state index is -0.385. The van der Waals surface area contributed by atoms with Gasteiger partial charge in [0.25, 0.3) is 0 Å². The molecule has 6 heteroatoms. The van der Waals surface area contributed by atoms with Gasteiger partial charge in [0.15, 0.2) is 23.0 Å². The van der Waals surface area contributed by atoms with E-state index in [1.165, 1.54) is 12.1 Å². The van der Waals surface area contributed by atoms with Gasteiger partial charge in [-0.2, -0.15) is 0 Å². The average Bonchev–Trinajstić information content (AvgIpc) is 3.32. The molecule has 0 atom stereocenters. The van der Waals surface area contributed by atoms with E-state index in [1.807, 2.05) is 54.9 Å². The fourth-order valence-corrected chi connectivity index (χ4v) is 3.41. The Morgan fingerprint density at radius 3 is 2.61 bits per heavy atom. The lowest BCUT2D eigenvalue weighted by atomic mass is 10.1. The molecule has 0 saturated carbocycles. The van der Waals surface area contributed by atoms with Crippen molar-refractivity contribution in [3.63, 3.8) is 0 Å². The number of ether oxygens (including phenoxy) is 3. The van der Waals surface area contributed by atoms with E-state index >= 15 is 0 Å². The minimum Gasteiger partial charge on any atom is -0.493 e. The van der Waals surface area contributed by atoms with Crippen molar-refractivity contribution < 1.29 is 18.6 Å². The fourth-order valence-electron chi connectivity index (χ4n) is 3.41. The van der Waals surface area contributed by atoms with Crippen LogP contribution in [0.3, 0.4) is 0 Å². The van der Waals surface area contributed by atoms with E-state index in [-0.39, 0.29) is 5.82 Å². The Bertz CT molecular complexity index is 1040. The van der Waals surface area contributed by atoms with Crippen LogP contribution in [0.5, 0.6) is 23.0 Å². The van der Waals surface area contributed by atoms with E-state index in [1.54, 1.807) is 13.2 Å². The number of methoxy groups -OCH3 is 1. The summed E-state index contributed by atoms with van der Waals surface area (Å²) in [4.78, 5) is 6.44. The first kappa shape index (κ1) is 20.7. The summed E-state index contributed by atoms with van der Waals surface area (Å²) in [7, 11) is 1.61. The van der Waals surface area contributed by atoms with Crippen molar-refractivity contribution >= 4 is 6.34 Å². The summed E-state index contributed by atoms with van der Waals surface area (Å²) in [5, 5.41) is 0. The predicted molar refractivity (Wildman–Crippen MR) is 119 cm³/mol. The lowest BCUT2D eigenvalue weighted by Crippen LogP contribution is -2.22. The topological polar surface area (TPSA) is 43.3 Å². The highest BCUT2D eigenvalue weighted by Gasteiger charge is 2.16. The van der Waals surface area contributed by atoms with Crippen LogP contribution in [-0.4, -0.2) is 38.0 Å². The molecule has 0 saturated heterocycles. The molecule has 0 aliphatic carbocycles. The van der Waals surface area contributed by atoms with E-state index in [0.717, 1.165) is 37.2 Å². The molecule has 0 aromatic heterocycles. The summed E-state index contributed by atoms with van der Waals surface area (Å²) in [6, 6.07) is 19.8. The third-order valence-corrected chi connectivity index (χ3v) is 5.06. The molecule has 3 aromatic carbocycles. The summed E-state index contributed by atoms with van der Waals surface area (Å²) < 4.78 is 31.6. The van der Waals surface area contributed by atoms with Gasteiger partial charge in [-0.3, -0.25) is 4.99 Å². The Morgan fingerprint density at radius 1 is 0.968 bits per heavy atom. The second-order valence-corrected chi connectivity index (χ2v) is 7.22. The van der Waals surface area contributed by atoms with E-state index in [4.69, 9.17) is 14.2 Å². The van der Waals surface area contributed by atoms with Gasteiger partial charge in [0.1, 0.15) is 12.4 Å². The third kappa shape index (κ3) is 5.34. The van der Waals surface area contributed by atoms with Crippen molar-refractivity contribution in [2.45, 2.75) is 13.0 Å². The Labute approximate surface area is 181 Å². The first-order chi connectivity index (χ1) is 15.2. The molecule has 0 fully saturated rings. The zero-order valence-corrected chi connectivity index (χ0v) is 17.5. The van der Waals surface area contributed by atoms with Crippen LogP contribution in [-0.2, 0) is 13.0 Å². The van der Waals surface area contributed by atoms with Crippen molar-refractivity contribution in [2.24, 2.45) is 4.99 Å². The second-order valence-electron chi connectivity index (χ2n) is 7.22. The van der Waals surface area contributed by atoms with Gasteiger partial charge >= 0.3 is 0 Å². The van der Waals surface area contributed by atoms with Gasteiger partial charge in [-0.25, -0.2) is 4.39 Å². The molecule has 1 aliphatic rings. The lowest BCUT2D eigenvalue weighted by molar-refractivity contribution is 0.287. The van der Waals surface area contributed by atoms with Gasteiger partial charge in [0.2, 0.25) is 0 Å². The van der Waals surface area contributed by atoms with Crippen LogP contribution >= 0.6 is 0 Å². The van der Waals surface area contributed by atoms with E-state index in [2.05, 4.69) is 9.89 Å². The van der Waals surface area contributed by atoms with Crippen LogP contribution in [0.1, 0.15) is 11.1 Å². The molecule has 3 aromatic rings. The average molecular weight is 420 g/mol. The van der Waals surface area contributed by atoms with Crippen LogP contribution in [0, 0.1) is 5.82 Å². The quantitative estimate of drug-likeness (QED) is 0.484. The smallest absolute Gasteiger partial charge is 0.172 e. The summed E-state index contributed by atoms with van der Waals surface area (Å²) in [6.07, 6.45) is 2.65. The highest BCUT2D eigenvalue weighted by Crippen LogP contribution is 2.39. The molecule has 0 radical (unpaired) electrons. The van der Waals surface area contributed by atoms with Gasteiger partial charge in [-0.1, -0.05) is 42.5 Å². The number of nitrogens with zero attached hydrogens (tertiary/aromatic N) is 2. The van der Waals surface area contributed by atoms with Crippen molar-refractivity contribution in [3.05, 3.63) is 83.7 Å². The van der Waals surface area contributed by atoms with E-state index in [0.29, 0.717) is 29.6 Å². The maximum absolute atomic E-state index is 14.0. The molecule has 4 rings (SSSR count). The highest BCUT2D eigenvalue weighted by molar-refractivity contribution is 5.57. The second kappa shape index (κ2) is 9.98. The Morgan fingerprint density at radius 2 is 1.84 bits per heavy atom. The Kier molecular flexibility index (Phi) is 6.67. The van der Waals surface area contributed by atoms with Crippen LogP contribution < -0.4 is 14.2 Å². The molecule has 1 aliphatic heterocycles. The maximum Gasteiger partial charge on any atom is 0.172 e. The molecule has 160 valence electrons. The van der Waals surface area contributed by atoms with E-state index < -0.39 is 0 Å². The fraction of sp³-hybridized carbons (Fsp3) is 0.240. The van der Waals surface area contributed by atoms with Crippen molar-refractivity contribution in [1.29, 1.82) is 0 Å². The molecule has 31 heavy (non-hydrogen) atoms. The molecule has 0 amide bonds. The summed E-state index contributed by atoms with van der Waals surface area (Å²) >= 11 is 0. The molecule has 5 nitrogen and oxygen atoms in total. The first-order valence-corrected chi connectivity index (χ1v) is 10.3. The predicted octanol–water partition coefficient (Wildman–Crippen LogP) is 5.09. The molecule has 0 bridgehead atoms. The van der Waals surface area contributed by atoms with Gasteiger partial charge < -0.3 is 19.1 Å². The number of halogens is 1. The zero-order valence-electron chi connectivity index (χ0n) is 17.5. The summed E-state index contributed by atoms with van der Waals surface area (Å²) in [5.41, 5.74) is 1.99. The largest absolute Gasteiger partial charge is 0.493 e. The van der Waals surface area contributed by atoms with Crippen LogP contribution in [0.25, 0.3) is 0 Å². The van der Waals surface area contributed by atoms with Gasteiger partial charge in [-0.05, 0) is 30.2 Å². The standard InChI is InChI=1S/C25H25FN2O3/c1-29-23-9-5-8-20(12-14-28-15-13-27-18-28)25(23)31-22-11-10-21(26)16-24(22)30-17-19-6-3-2-4-7-19/h2-11,16,18H,12-15,17H2,1H3. The van der Waals surface area contributed by atoms with Crippen molar-refractivity contribution in [1.82, 2.24) is 4.90 Å². The third-order valence-electron chi connectivity index (χ3n) is 5.06. The molecular weight excluding hydrogens is 395 g/mol. The van der Waals surface area contributed by atoms with Crippen molar-refractivity contribution in [2.75, 3.05) is 26.7 Å². The van der Waals surface area contributed by atoms with Crippen LogP contribution in [0.15, 0.2) is 71.7 Å². The molecule has 0 N–H and O–H groups in total. The number of para-hydroxylation sites is 1. The summed E-state index contributed by atoms with van der Waals surface area (Å²) in [6.45, 7) is 2.90. The SMILES string of the molecule is COc1cccc(CCN2C=NCC2)c1Oc1ccc(F)cc1OCc1ccccc1. The number of hydrogen-bond acceptors (Lipinski definition) is 5. The Hall–Kier alpha value is -3.54. The van der Waals surface area contributed by atoms with Crippen molar-refractivity contribution in [3.8, 4) is 23.0 Å². The lowest BCUT2D eigenvalue weighted by Gasteiger charge is -2.19. The molecule has 1 heterocycles. The molecule has 0 unspecified atom stereocenters. The van der Waals surface area contributed by atoms with Crippen LogP contribution in [0.4, 0.5) is 4.39 Å². The normalized spacial score (nSPS) is 12.8. The summed E-state index contributed by atoms with van der Waals surface area (Å²) in [5.74, 6) is 1.62. The Balaban J connectivity index is 1.57. The maximum atomic E-state index is 14.0. The first-order valence-electron chi connectivity index (χ1n) is 10.3. The van der Waals surface area contributed by atoms with Crippen LogP contribution in [0.2, 0.25) is 0 Å².